The number of hydrogen-bond acceptors (Lipinski definition) is 5. The lowest BCUT2D eigenvalue weighted by Crippen LogP contribution is -2.29. The lowest BCUT2D eigenvalue weighted by atomic mass is 10.1. The van der Waals surface area contributed by atoms with E-state index in [4.69, 9.17) is 0 Å². The molecule has 4 rings (SSSR count). The number of carbonyl (C=O) groups excluding carboxylic acids is 2. The van der Waals surface area contributed by atoms with Gasteiger partial charge < -0.3 is 0 Å². The van der Waals surface area contributed by atoms with Crippen LogP contribution in [0.25, 0.3) is 11.0 Å². The first-order valence-electron chi connectivity index (χ1n) is 6.34. The molecule has 0 atom stereocenters. The van der Waals surface area contributed by atoms with Gasteiger partial charge in [-0.1, -0.05) is 6.07 Å². The summed E-state index contributed by atoms with van der Waals surface area (Å²) >= 11 is 0. The highest BCUT2D eigenvalue weighted by molar-refractivity contribution is 6.25. The SMILES string of the molecule is O=C1c2cnc3[nH]ncc3c2C(=O)N1Cc1ccccn1. The van der Waals surface area contributed by atoms with Gasteiger partial charge in [0.1, 0.15) is 0 Å². The molecule has 4 heterocycles. The summed E-state index contributed by atoms with van der Waals surface area (Å²) < 4.78 is 0. The van der Waals surface area contributed by atoms with E-state index in [1.165, 1.54) is 17.3 Å². The van der Waals surface area contributed by atoms with Gasteiger partial charge >= 0.3 is 0 Å². The van der Waals surface area contributed by atoms with Gasteiger partial charge in [0.05, 0.1) is 34.9 Å². The van der Waals surface area contributed by atoms with Gasteiger partial charge in [0.25, 0.3) is 11.8 Å². The number of hydrogen-bond donors (Lipinski definition) is 1. The lowest BCUT2D eigenvalue weighted by Gasteiger charge is -2.12. The summed E-state index contributed by atoms with van der Waals surface area (Å²) in [7, 11) is 0. The summed E-state index contributed by atoms with van der Waals surface area (Å²) in [5.41, 5.74) is 1.82. The summed E-state index contributed by atoms with van der Waals surface area (Å²) in [5, 5.41) is 7.12. The number of aromatic nitrogens is 4. The number of nitrogens with one attached hydrogen (secondary N) is 1. The van der Waals surface area contributed by atoms with Crippen LogP contribution in [0.5, 0.6) is 0 Å². The highest BCUT2D eigenvalue weighted by atomic mass is 16.2. The Morgan fingerprint density at radius 2 is 2.00 bits per heavy atom. The average molecular weight is 279 g/mol. The molecule has 3 aromatic heterocycles. The fraction of sp³-hybridized carbons (Fsp3) is 0.0714. The summed E-state index contributed by atoms with van der Waals surface area (Å²) in [6.45, 7) is 0.145. The van der Waals surface area contributed by atoms with Crippen molar-refractivity contribution in [3.05, 3.63) is 53.6 Å². The van der Waals surface area contributed by atoms with Crippen molar-refractivity contribution in [1.29, 1.82) is 0 Å². The van der Waals surface area contributed by atoms with Gasteiger partial charge in [-0.05, 0) is 12.1 Å². The van der Waals surface area contributed by atoms with Crippen molar-refractivity contribution in [2.24, 2.45) is 0 Å². The molecular weight excluding hydrogens is 270 g/mol. The molecule has 1 aliphatic rings. The van der Waals surface area contributed by atoms with E-state index in [9.17, 15) is 9.59 Å². The fourth-order valence-corrected chi connectivity index (χ4v) is 2.46. The Morgan fingerprint density at radius 3 is 2.81 bits per heavy atom. The van der Waals surface area contributed by atoms with Gasteiger partial charge in [-0.2, -0.15) is 5.10 Å². The standard InChI is InChI=1S/C14H9N5O2/c20-13-10-5-16-12-9(6-17-18-12)11(10)14(21)19(13)7-8-3-1-2-4-15-8/h1-6H,7H2,(H,16,17,18). The highest BCUT2D eigenvalue weighted by Crippen LogP contribution is 2.28. The fourth-order valence-electron chi connectivity index (χ4n) is 2.46. The van der Waals surface area contributed by atoms with Crippen LogP contribution >= 0.6 is 0 Å². The number of pyridine rings is 2. The molecule has 21 heavy (non-hydrogen) atoms. The van der Waals surface area contributed by atoms with E-state index in [-0.39, 0.29) is 18.4 Å². The van der Waals surface area contributed by atoms with Crippen LogP contribution in [-0.2, 0) is 6.54 Å². The van der Waals surface area contributed by atoms with Crippen molar-refractivity contribution >= 4 is 22.8 Å². The van der Waals surface area contributed by atoms with Crippen LogP contribution in [0.15, 0.2) is 36.8 Å². The van der Waals surface area contributed by atoms with Gasteiger partial charge in [0.15, 0.2) is 5.65 Å². The second kappa shape index (κ2) is 4.20. The second-order valence-electron chi connectivity index (χ2n) is 4.70. The minimum atomic E-state index is -0.351. The molecule has 1 aliphatic heterocycles. The van der Waals surface area contributed by atoms with Crippen molar-refractivity contribution in [1.82, 2.24) is 25.1 Å². The highest BCUT2D eigenvalue weighted by Gasteiger charge is 2.37. The summed E-state index contributed by atoms with van der Waals surface area (Å²) in [6, 6.07) is 5.37. The summed E-state index contributed by atoms with van der Waals surface area (Å²) in [6.07, 6.45) is 4.55. The quantitative estimate of drug-likeness (QED) is 0.710. The van der Waals surface area contributed by atoms with Gasteiger partial charge in [0, 0.05) is 12.4 Å². The van der Waals surface area contributed by atoms with Crippen molar-refractivity contribution < 1.29 is 9.59 Å². The maximum absolute atomic E-state index is 12.5. The summed E-state index contributed by atoms with van der Waals surface area (Å²) in [5.74, 6) is -0.689. The molecule has 7 heteroatoms. The van der Waals surface area contributed by atoms with Crippen LogP contribution in [0, 0.1) is 0 Å². The molecule has 0 bridgehead atoms. The Bertz CT molecular complexity index is 871. The second-order valence-corrected chi connectivity index (χ2v) is 4.70. The third-order valence-electron chi connectivity index (χ3n) is 3.46. The first kappa shape index (κ1) is 11.7. The average Bonchev–Trinajstić information content (AvgIpc) is 3.07. The van der Waals surface area contributed by atoms with Gasteiger partial charge in [-0.15, -0.1) is 0 Å². The number of imide groups is 1. The predicted octanol–water partition coefficient (Wildman–Crippen LogP) is 1.15. The van der Waals surface area contributed by atoms with Crippen LogP contribution in [0.4, 0.5) is 0 Å². The molecule has 3 aromatic rings. The smallest absolute Gasteiger partial charge is 0.263 e. The van der Waals surface area contributed by atoms with Crippen LogP contribution in [-0.4, -0.2) is 36.9 Å². The monoisotopic (exact) mass is 279 g/mol. The number of fused-ring (bicyclic) bond motifs is 3. The van der Waals surface area contributed by atoms with E-state index >= 15 is 0 Å². The molecular formula is C14H9N5O2. The van der Waals surface area contributed by atoms with E-state index in [0.717, 1.165) is 0 Å². The summed E-state index contributed by atoms with van der Waals surface area (Å²) in [4.78, 5) is 34.3. The molecule has 102 valence electrons. The normalized spacial score (nSPS) is 14.0. The third kappa shape index (κ3) is 1.64. The minimum Gasteiger partial charge on any atom is -0.269 e. The van der Waals surface area contributed by atoms with Crippen molar-refractivity contribution in [2.45, 2.75) is 6.54 Å². The van der Waals surface area contributed by atoms with Crippen molar-refractivity contribution in [3.63, 3.8) is 0 Å². The van der Waals surface area contributed by atoms with E-state index in [1.54, 1.807) is 18.3 Å². The Balaban J connectivity index is 1.79. The van der Waals surface area contributed by atoms with E-state index in [1.807, 2.05) is 6.07 Å². The van der Waals surface area contributed by atoms with E-state index < -0.39 is 0 Å². The number of H-pyrrole nitrogens is 1. The molecule has 0 saturated heterocycles. The minimum absolute atomic E-state index is 0.145. The van der Waals surface area contributed by atoms with Crippen LogP contribution in [0.3, 0.4) is 0 Å². The van der Waals surface area contributed by atoms with Crippen molar-refractivity contribution in [3.8, 4) is 0 Å². The maximum atomic E-state index is 12.5. The number of rotatable bonds is 2. The Hall–Kier alpha value is -3.09. The largest absolute Gasteiger partial charge is 0.269 e. The Kier molecular flexibility index (Phi) is 2.34. The van der Waals surface area contributed by atoms with Crippen LogP contribution < -0.4 is 0 Å². The van der Waals surface area contributed by atoms with Crippen molar-refractivity contribution in [2.75, 3.05) is 0 Å². The number of nitrogens with zero attached hydrogens (tertiary/aromatic N) is 4. The molecule has 0 saturated carbocycles. The first-order chi connectivity index (χ1) is 10.3. The topological polar surface area (TPSA) is 91.8 Å². The van der Waals surface area contributed by atoms with E-state index in [2.05, 4.69) is 20.2 Å². The Labute approximate surface area is 118 Å². The molecule has 0 aliphatic carbocycles. The number of aromatic amines is 1. The van der Waals surface area contributed by atoms with Gasteiger partial charge in [-0.3, -0.25) is 24.6 Å². The molecule has 0 spiro atoms. The zero-order valence-electron chi connectivity index (χ0n) is 10.8. The maximum Gasteiger partial charge on any atom is 0.263 e. The zero-order chi connectivity index (χ0) is 14.4. The number of amides is 2. The zero-order valence-corrected chi connectivity index (χ0v) is 10.8. The molecule has 0 fully saturated rings. The number of carbonyl (C=O) groups is 2. The molecule has 0 aromatic carbocycles. The molecule has 1 N–H and O–H groups in total. The molecule has 0 unspecified atom stereocenters. The molecule has 7 nitrogen and oxygen atoms in total. The first-order valence-corrected chi connectivity index (χ1v) is 6.34. The van der Waals surface area contributed by atoms with Crippen LogP contribution in [0.2, 0.25) is 0 Å². The lowest BCUT2D eigenvalue weighted by molar-refractivity contribution is 0.0641. The van der Waals surface area contributed by atoms with Gasteiger partial charge in [-0.25, -0.2) is 4.98 Å². The van der Waals surface area contributed by atoms with Gasteiger partial charge in [0.2, 0.25) is 0 Å². The molecule has 0 radical (unpaired) electrons. The Morgan fingerprint density at radius 1 is 1.10 bits per heavy atom. The molecule has 2 amide bonds. The van der Waals surface area contributed by atoms with Crippen LogP contribution in [0.1, 0.15) is 26.4 Å². The predicted molar refractivity (Wildman–Crippen MR) is 72.3 cm³/mol. The van der Waals surface area contributed by atoms with E-state index in [0.29, 0.717) is 27.9 Å². The third-order valence-corrected chi connectivity index (χ3v) is 3.46.